The molecular weight excluding hydrogens is 270 g/mol. The Bertz CT molecular complexity index is 552. The Labute approximate surface area is 116 Å². The van der Waals surface area contributed by atoms with E-state index in [-0.39, 0.29) is 11.2 Å². The summed E-state index contributed by atoms with van der Waals surface area (Å²) in [6.45, 7) is 1.94. The summed E-state index contributed by atoms with van der Waals surface area (Å²) in [5, 5.41) is 0.409. The van der Waals surface area contributed by atoms with Gasteiger partial charge in [-0.1, -0.05) is 41.9 Å². The van der Waals surface area contributed by atoms with Gasteiger partial charge in [-0.05, 0) is 42.2 Å². The van der Waals surface area contributed by atoms with Gasteiger partial charge in [0, 0.05) is 5.02 Å². The van der Waals surface area contributed by atoms with Crippen LogP contribution in [-0.4, -0.2) is 0 Å². The molecule has 0 fully saturated rings. The zero-order chi connectivity index (χ0) is 13.1. The largest absolute Gasteiger partial charge is 0.207 e. The van der Waals surface area contributed by atoms with Gasteiger partial charge in [0.15, 0.2) is 0 Å². The molecule has 0 N–H and O–H groups in total. The van der Waals surface area contributed by atoms with Crippen molar-refractivity contribution < 1.29 is 4.39 Å². The minimum absolute atomic E-state index is 0.221. The molecule has 0 spiro atoms. The first-order valence-corrected chi connectivity index (χ1v) is 6.53. The lowest BCUT2D eigenvalue weighted by Gasteiger charge is -2.12. The van der Waals surface area contributed by atoms with E-state index in [1.54, 1.807) is 12.1 Å². The van der Waals surface area contributed by atoms with Crippen molar-refractivity contribution in [3.05, 3.63) is 70.0 Å². The Kier molecular flexibility index (Phi) is 4.26. The van der Waals surface area contributed by atoms with Gasteiger partial charge in [-0.15, -0.1) is 11.6 Å². The summed E-state index contributed by atoms with van der Waals surface area (Å²) >= 11 is 12.4. The van der Waals surface area contributed by atoms with Crippen LogP contribution in [0, 0.1) is 12.7 Å². The van der Waals surface area contributed by atoms with E-state index >= 15 is 0 Å². The lowest BCUT2D eigenvalue weighted by molar-refractivity contribution is 0.607. The maximum Gasteiger partial charge on any atom is 0.126 e. The number of halogens is 3. The van der Waals surface area contributed by atoms with Crippen LogP contribution in [0.15, 0.2) is 42.5 Å². The van der Waals surface area contributed by atoms with Crippen LogP contribution in [0.1, 0.15) is 22.1 Å². The van der Waals surface area contributed by atoms with E-state index in [1.165, 1.54) is 6.07 Å². The number of hydrogen-bond donors (Lipinski definition) is 0. The fourth-order valence-corrected chi connectivity index (χ4v) is 2.27. The van der Waals surface area contributed by atoms with E-state index in [1.807, 2.05) is 31.2 Å². The molecule has 94 valence electrons. The second kappa shape index (κ2) is 5.73. The standard InChI is InChI=1S/C15H13Cl2F/c1-10-6-7-11(8-13(10)16)14(17)9-12-4-2-3-5-15(12)18/h2-8,14H,9H2,1H3. The molecule has 0 bridgehead atoms. The molecule has 1 unspecified atom stereocenters. The van der Waals surface area contributed by atoms with Crippen molar-refractivity contribution in [1.82, 2.24) is 0 Å². The maximum atomic E-state index is 13.5. The second-order valence-corrected chi connectivity index (χ2v) is 5.21. The molecule has 0 saturated carbocycles. The minimum Gasteiger partial charge on any atom is -0.207 e. The Morgan fingerprint density at radius 2 is 1.89 bits per heavy atom. The molecule has 1 atom stereocenters. The van der Waals surface area contributed by atoms with Gasteiger partial charge in [0.05, 0.1) is 5.38 Å². The molecule has 2 rings (SSSR count). The first-order chi connectivity index (χ1) is 8.58. The molecule has 0 saturated heterocycles. The highest BCUT2D eigenvalue weighted by atomic mass is 35.5. The highest BCUT2D eigenvalue weighted by molar-refractivity contribution is 6.31. The van der Waals surface area contributed by atoms with Crippen molar-refractivity contribution in [3.8, 4) is 0 Å². The predicted octanol–water partition coefficient (Wildman–Crippen LogP) is 5.31. The van der Waals surface area contributed by atoms with Crippen LogP contribution in [0.5, 0.6) is 0 Å². The normalized spacial score (nSPS) is 12.4. The highest BCUT2D eigenvalue weighted by Gasteiger charge is 2.12. The monoisotopic (exact) mass is 282 g/mol. The van der Waals surface area contributed by atoms with Gasteiger partial charge in [-0.2, -0.15) is 0 Å². The summed E-state index contributed by atoms with van der Waals surface area (Å²) in [6, 6.07) is 12.4. The number of benzene rings is 2. The van der Waals surface area contributed by atoms with E-state index in [0.29, 0.717) is 17.0 Å². The number of hydrogen-bond acceptors (Lipinski definition) is 0. The van der Waals surface area contributed by atoms with Crippen molar-refractivity contribution in [1.29, 1.82) is 0 Å². The predicted molar refractivity (Wildman–Crippen MR) is 74.9 cm³/mol. The Hall–Kier alpha value is -1.05. The maximum absolute atomic E-state index is 13.5. The first kappa shape index (κ1) is 13.4. The van der Waals surface area contributed by atoms with Crippen molar-refractivity contribution in [3.63, 3.8) is 0 Å². The van der Waals surface area contributed by atoms with Crippen LogP contribution < -0.4 is 0 Å². The van der Waals surface area contributed by atoms with Gasteiger partial charge >= 0.3 is 0 Å². The Morgan fingerprint density at radius 3 is 2.56 bits per heavy atom. The fourth-order valence-electron chi connectivity index (χ4n) is 1.78. The van der Waals surface area contributed by atoms with Gasteiger partial charge in [0.2, 0.25) is 0 Å². The lowest BCUT2D eigenvalue weighted by Crippen LogP contribution is -1.98. The number of alkyl halides is 1. The Balaban J connectivity index is 2.19. The van der Waals surface area contributed by atoms with Crippen molar-refractivity contribution in [2.45, 2.75) is 18.7 Å². The average molecular weight is 283 g/mol. The molecule has 0 amide bonds. The molecule has 0 aliphatic heterocycles. The van der Waals surface area contributed by atoms with Crippen molar-refractivity contribution in [2.75, 3.05) is 0 Å². The third kappa shape index (κ3) is 3.04. The van der Waals surface area contributed by atoms with E-state index in [4.69, 9.17) is 23.2 Å². The second-order valence-electron chi connectivity index (χ2n) is 4.27. The zero-order valence-electron chi connectivity index (χ0n) is 9.96. The molecule has 18 heavy (non-hydrogen) atoms. The van der Waals surface area contributed by atoms with E-state index in [9.17, 15) is 4.39 Å². The van der Waals surface area contributed by atoms with Gasteiger partial charge in [-0.25, -0.2) is 4.39 Å². The summed E-state index contributed by atoms with van der Waals surface area (Å²) in [5.41, 5.74) is 2.54. The third-order valence-electron chi connectivity index (χ3n) is 2.91. The van der Waals surface area contributed by atoms with Crippen LogP contribution in [0.4, 0.5) is 4.39 Å². The summed E-state index contributed by atoms with van der Waals surface area (Å²) in [4.78, 5) is 0. The van der Waals surface area contributed by atoms with Crippen LogP contribution in [0.25, 0.3) is 0 Å². The summed E-state index contributed by atoms with van der Waals surface area (Å²) in [5.74, 6) is -0.221. The summed E-state index contributed by atoms with van der Waals surface area (Å²) < 4.78 is 13.5. The van der Waals surface area contributed by atoms with Crippen LogP contribution in [0.3, 0.4) is 0 Å². The van der Waals surface area contributed by atoms with E-state index < -0.39 is 0 Å². The van der Waals surface area contributed by atoms with Crippen molar-refractivity contribution in [2.24, 2.45) is 0 Å². The molecule has 0 aliphatic rings. The fraction of sp³-hybridized carbons (Fsp3) is 0.200. The smallest absolute Gasteiger partial charge is 0.126 e. The molecule has 0 heterocycles. The average Bonchev–Trinajstić information content (AvgIpc) is 2.35. The molecule has 0 aliphatic carbocycles. The first-order valence-electron chi connectivity index (χ1n) is 5.71. The highest BCUT2D eigenvalue weighted by Crippen LogP contribution is 2.29. The molecule has 0 nitrogen and oxygen atoms in total. The SMILES string of the molecule is Cc1ccc(C(Cl)Cc2ccccc2F)cc1Cl. The molecular formula is C15H13Cl2F. The quantitative estimate of drug-likeness (QED) is 0.669. The van der Waals surface area contributed by atoms with E-state index in [0.717, 1.165) is 11.1 Å². The van der Waals surface area contributed by atoms with Gasteiger partial charge < -0.3 is 0 Å². The minimum atomic E-state index is -0.278. The van der Waals surface area contributed by atoms with Gasteiger partial charge in [0.1, 0.15) is 5.82 Å². The molecule has 0 radical (unpaired) electrons. The lowest BCUT2D eigenvalue weighted by atomic mass is 10.0. The molecule has 2 aromatic carbocycles. The molecule has 2 aromatic rings. The van der Waals surface area contributed by atoms with Crippen LogP contribution in [0.2, 0.25) is 5.02 Å². The van der Waals surface area contributed by atoms with Crippen molar-refractivity contribution >= 4 is 23.2 Å². The summed E-state index contributed by atoms with van der Waals surface area (Å²) in [7, 11) is 0. The molecule has 0 aromatic heterocycles. The third-order valence-corrected chi connectivity index (χ3v) is 3.73. The number of aryl methyl sites for hydroxylation is 1. The summed E-state index contributed by atoms with van der Waals surface area (Å²) in [6.07, 6.45) is 0.452. The topological polar surface area (TPSA) is 0 Å². The Morgan fingerprint density at radius 1 is 1.17 bits per heavy atom. The van der Waals surface area contributed by atoms with Crippen LogP contribution in [-0.2, 0) is 6.42 Å². The zero-order valence-corrected chi connectivity index (χ0v) is 11.5. The molecule has 3 heteroatoms. The number of rotatable bonds is 3. The van der Waals surface area contributed by atoms with Gasteiger partial charge in [-0.3, -0.25) is 0 Å². The van der Waals surface area contributed by atoms with Gasteiger partial charge in [0.25, 0.3) is 0 Å². The van der Waals surface area contributed by atoms with E-state index in [2.05, 4.69) is 0 Å². The van der Waals surface area contributed by atoms with Crippen LogP contribution >= 0.6 is 23.2 Å².